The largest absolute Gasteiger partial charge is 0.378 e. The van der Waals surface area contributed by atoms with Crippen molar-refractivity contribution < 1.29 is 13.6 Å². The number of nitrogens with zero attached hydrogens (tertiary/aromatic N) is 6. The standard InChI is InChI=1S/C4H2FN7O2/c5-1-3(11-13-9-1)7-8-4-2(6)10-14-12-4/h(H2,6,10). The highest BCUT2D eigenvalue weighted by Gasteiger charge is 2.09. The van der Waals surface area contributed by atoms with Crippen LogP contribution in [-0.2, 0) is 0 Å². The van der Waals surface area contributed by atoms with Crippen molar-refractivity contribution in [3.63, 3.8) is 0 Å². The fraction of sp³-hybridized carbons (Fsp3) is 0. The van der Waals surface area contributed by atoms with Gasteiger partial charge >= 0.3 is 5.95 Å². The smallest absolute Gasteiger partial charge is 0.302 e. The molecule has 0 radical (unpaired) electrons. The molecule has 14 heavy (non-hydrogen) atoms. The van der Waals surface area contributed by atoms with Gasteiger partial charge in [0.2, 0.25) is 5.82 Å². The van der Waals surface area contributed by atoms with E-state index in [1.54, 1.807) is 0 Å². The summed E-state index contributed by atoms with van der Waals surface area (Å²) in [6, 6.07) is 0. The molecule has 2 heterocycles. The van der Waals surface area contributed by atoms with Gasteiger partial charge in [-0.05, 0) is 20.6 Å². The van der Waals surface area contributed by atoms with E-state index >= 15 is 0 Å². The number of rotatable bonds is 2. The lowest BCUT2D eigenvalue weighted by Gasteiger charge is -1.80. The molecule has 0 saturated heterocycles. The number of halogens is 1. The third kappa shape index (κ3) is 1.39. The molecule has 0 aromatic carbocycles. The number of aromatic nitrogens is 4. The molecular weight excluding hydrogens is 197 g/mol. The fourth-order valence-corrected chi connectivity index (χ4v) is 0.588. The van der Waals surface area contributed by atoms with Gasteiger partial charge in [-0.25, -0.2) is 9.26 Å². The van der Waals surface area contributed by atoms with Gasteiger partial charge < -0.3 is 5.73 Å². The van der Waals surface area contributed by atoms with E-state index in [9.17, 15) is 4.39 Å². The van der Waals surface area contributed by atoms with Crippen LogP contribution in [0.2, 0.25) is 0 Å². The molecule has 0 amide bonds. The molecular formula is C4H2FN7O2. The van der Waals surface area contributed by atoms with Crippen molar-refractivity contribution in [2.75, 3.05) is 5.73 Å². The van der Waals surface area contributed by atoms with Crippen LogP contribution in [0.1, 0.15) is 0 Å². The maximum absolute atomic E-state index is 12.6. The van der Waals surface area contributed by atoms with Crippen LogP contribution < -0.4 is 5.73 Å². The molecule has 0 atom stereocenters. The third-order valence-corrected chi connectivity index (χ3v) is 1.17. The second-order valence-corrected chi connectivity index (χ2v) is 2.05. The first-order valence-corrected chi connectivity index (χ1v) is 3.25. The molecule has 0 aliphatic heterocycles. The van der Waals surface area contributed by atoms with Crippen LogP contribution in [0.4, 0.5) is 21.8 Å². The second-order valence-electron chi connectivity index (χ2n) is 2.05. The quantitative estimate of drug-likeness (QED) is 0.700. The Morgan fingerprint density at radius 3 is 2.21 bits per heavy atom. The van der Waals surface area contributed by atoms with Crippen molar-refractivity contribution >= 4 is 17.5 Å². The molecule has 0 bridgehead atoms. The van der Waals surface area contributed by atoms with E-state index in [-0.39, 0.29) is 11.6 Å². The van der Waals surface area contributed by atoms with Crippen molar-refractivity contribution in [3.05, 3.63) is 5.95 Å². The minimum atomic E-state index is -0.983. The number of hydrogen-bond acceptors (Lipinski definition) is 9. The topological polar surface area (TPSA) is 129 Å². The lowest BCUT2D eigenvalue weighted by atomic mass is 10.7. The molecule has 72 valence electrons. The maximum atomic E-state index is 12.6. The number of azo groups is 1. The number of anilines is 1. The Morgan fingerprint density at radius 2 is 1.64 bits per heavy atom. The molecule has 0 saturated carbocycles. The first-order chi connectivity index (χ1) is 6.77. The number of nitrogen functional groups attached to an aromatic ring is 1. The van der Waals surface area contributed by atoms with Crippen molar-refractivity contribution in [1.82, 2.24) is 20.6 Å². The molecule has 0 spiro atoms. The summed E-state index contributed by atoms with van der Waals surface area (Å²) < 4.78 is 20.8. The van der Waals surface area contributed by atoms with Gasteiger partial charge in [0.15, 0.2) is 0 Å². The molecule has 2 aromatic rings. The molecule has 10 heteroatoms. The van der Waals surface area contributed by atoms with Crippen LogP contribution in [-0.4, -0.2) is 20.6 Å². The van der Waals surface area contributed by atoms with Gasteiger partial charge in [0.1, 0.15) is 0 Å². The molecule has 2 rings (SSSR count). The zero-order valence-electron chi connectivity index (χ0n) is 6.46. The van der Waals surface area contributed by atoms with E-state index < -0.39 is 11.8 Å². The highest BCUT2D eigenvalue weighted by Crippen LogP contribution is 2.19. The van der Waals surface area contributed by atoms with Gasteiger partial charge in [-0.3, -0.25) is 0 Å². The summed E-state index contributed by atoms with van der Waals surface area (Å²) >= 11 is 0. The van der Waals surface area contributed by atoms with Crippen molar-refractivity contribution in [3.8, 4) is 0 Å². The summed E-state index contributed by atoms with van der Waals surface area (Å²) in [6.07, 6.45) is 0. The van der Waals surface area contributed by atoms with Crippen LogP contribution in [0.15, 0.2) is 19.5 Å². The average molecular weight is 199 g/mol. The summed E-state index contributed by atoms with van der Waals surface area (Å²) in [5.41, 5.74) is 5.24. The summed E-state index contributed by atoms with van der Waals surface area (Å²) in [5, 5.41) is 19.1. The first-order valence-electron chi connectivity index (χ1n) is 3.25. The molecule has 0 fully saturated rings. The van der Waals surface area contributed by atoms with Crippen LogP contribution in [0.25, 0.3) is 0 Å². The van der Waals surface area contributed by atoms with E-state index in [1.165, 1.54) is 0 Å². The predicted molar refractivity (Wildman–Crippen MR) is 37.1 cm³/mol. The Kier molecular flexibility index (Phi) is 1.86. The van der Waals surface area contributed by atoms with E-state index in [1.807, 2.05) is 0 Å². The number of hydrogen-bond donors (Lipinski definition) is 1. The molecule has 9 nitrogen and oxygen atoms in total. The highest BCUT2D eigenvalue weighted by molar-refractivity contribution is 5.48. The zero-order chi connectivity index (χ0) is 9.97. The average Bonchev–Trinajstić information content (AvgIpc) is 2.72. The van der Waals surface area contributed by atoms with Gasteiger partial charge in [0, 0.05) is 0 Å². The van der Waals surface area contributed by atoms with Crippen LogP contribution in [0.5, 0.6) is 0 Å². The molecule has 0 aliphatic rings. The van der Waals surface area contributed by atoms with Crippen molar-refractivity contribution in [2.24, 2.45) is 10.2 Å². The van der Waals surface area contributed by atoms with E-state index in [0.717, 1.165) is 0 Å². The van der Waals surface area contributed by atoms with Crippen LogP contribution in [0, 0.1) is 5.95 Å². The SMILES string of the molecule is Nc1nonc1N=Nc1nonc1F. The summed E-state index contributed by atoms with van der Waals surface area (Å²) in [6.45, 7) is 0. The molecule has 2 N–H and O–H groups in total. The second kappa shape index (κ2) is 3.16. The zero-order valence-corrected chi connectivity index (χ0v) is 6.46. The van der Waals surface area contributed by atoms with E-state index in [4.69, 9.17) is 5.73 Å². The van der Waals surface area contributed by atoms with Crippen molar-refractivity contribution in [1.29, 1.82) is 0 Å². The lowest BCUT2D eigenvalue weighted by Crippen LogP contribution is -1.82. The summed E-state index contributed by atoms with van der Waals surface area (Å²) in [4.78, 5) is 0. The molecule has 0 aliphatic carbocycles. The van der Waals surface area contributed by atoms with Gasteiger partial charge in [0.25, 0.3) is 11.6 Å². The Bertz CT molecular complexity index is 419. The first kappa shape index (κ1) is 8.22. The van der Waals surface area contributed by atoms with E-state index in [2.05, 4.69) is 40.1 Å². The highest BCUT2D eigenvalue weighted by atomic mass is 19.1. The monoisotopic (exact) mass is 199 g/mol. The number of nitrogens with two attached hydrogens (primary N) is 1. The molecule has 2 aromatic heterocycles. The van der Waals surface area contributed by atoms with Gasteiger partial charge in [-0.1, -0.05) is 0 Å². The van der Waals surface area contributed by atoms with Crippen LogP contribution in [0.3, 0.4) is 0 Å². The lowest BCUT2D eigenvalue weighted by molar-refractivity contribution is 0.288. The van der Waals surface area contributed by atoms with Gasteiger partial charge in [0.05, 0.1) is 0 Å². The normalized spacial score (nSPS) is 11.2. The minimum absolute atomic E-state index is 0.0642. The van der Waals surface area contributed by atoms with Crippen LogP contribution >= 0.6 is 0 Å². The summed E-state index contributed by atoms with van der Waals surface area (Å²) in [5.74, 6) is -1.53. The fourth-order valence-electron chi connectivity index (χ4n) is 0.588. The Morgan fingerprint density at radius 1 is 1.00 bits per heavy atom. The Balaban J connectivity index is 2.23. The molecule has 0 unspecified atom stereocenters. The van der Waals surface area contributed by atoms with Crippen molar-refractivity contribution in [2.45, 2.75) is 0 Å². The summed E-state index contributed by atoms with van der Waals surface area (Å²) in [7, 11) is 0. The Hall–Kier alpha value is -2.39. The van der Waals surface area contributed by atoms with E-state index in [0.29, 0.717) is 0 Å². The maximum Gasteiger partial charge on any atom is 0.302 e. The Labute approximate surface area is 74.7 Å². The van der Waals surface area contributed by atoms with Gasteiger partial charge in [-0.2, -0.15) is 4.39 Å². The van der Waals surface area contributed by atoms with Gasteiger partial charge in [-0.15, -0.1) is 10.2 Å². The third-order valence-electron chi connectivity index (χ3n) is 1.17. The minimum Gasteiger partial charge on any atom is -0.378 e. The predicted octanol–water partition coefficient (Wildman–Crippen LogP) is 0.589.